The van der Waals surface area contributed by atoms with Gasteiger partial charge in [-0.05, 0) is 48.7 Å². The molecule has 0 spiro atoms. The van der Waals surface area contributed by atoms with Crippen LogP contribution in [0.3, 0.4) is 0 Å². The van der Waals surface area contributed by atoms with Crippen molar-refractivity contribution in [2.75, 3.05) is 26.2 Å². The van der Waals surface area contributed by atoms with Gasteiger partial charge in [-0.1, -0.05) is 23.7 Å². The van der Waals surface area contributed by atoms with Crippen molar-refractivity contribution in [1.29, 1.82) is 0 Å². The van der Waals surface area contributed by atoms with E-state index in [9.17, 15) is 23.4 Å². The number of benzene rings is 2. The Morgan fingerprint density at radius 1 is 1.11 bits per heavy atom. The minimum Gasteiger partial charge on any atom is -0.490 e. The minimum atomic E-state index is -4.58. The first kappa shape index (κ1) is 29.2. The van der Waals surface area contributed by atoms with E-state index in [2.05, 4.69) is 4.98 Å². The number of fused-ring (bicyclic) bond motifs is 1. The number of aliphatic carboxylic acids is 2. The lowest BCUT2D eigenvalue weighted by molar-refractivity contribution is -0.159. The summed E-state index contributed by atoms with van der Waals surface area (Å²) >= 11 is 5.69. The highest BCUT2D eigenvalue weighted by Crippen LogP contribution is 2.40. The number of aliphatic hydroxyl groups excluding tert-OH is 1. The number of alkyl halides is 3. The topological polar surface area (TPSA) is 143 Å². The maximum Gasteiger partial charge on any atom is 0.417 e. The monoisotopic (exact) mass is 558 g/mol. The number of carboxylic acids is 2. The number of H-pyrrole nitrogens is 1. The number of hydrogen-bond acceptors (Lipinski definition) is 6. The van der Waals surface area contributed by atoms with Gasteiger partial charge in [-0.3, -0.25) is 0 Å². The van der Waals surface area contributed by atoms with Crippen molar-refractivity contribution in [3.8, 4) is 5.75 Å². The molecule has 0 radical (unpaired) electrons. The third-order valence-corrected chi connectivity index (χ3v) is 6.46. The fraction of sp³-hybridized carbons (Fsp3) is 0.360. The van der Waals surface area contributed by atoms with Crippen molar-refractivity contribution < 1.29 is 47.9 Å². The van der Waals surface area contributed by atoms with Crippen molar-refractivity contribution >= 4 is 34.4 Å². The molecule has 3 aromatic rings. The van der Waals surface area contributed by atoms with E-state index in [0.29, 0.717) is 25.4 Å². The summed E-state index contributed by atoms with van der Waals surface area (Å²) in [7, 11) is 0. The highest BCUT2D eigenvalue weighted by Gasteiger charge is 2.38. The number of likely N-dealkylation sites (tertiary alicyclic amines) is 1. The predicted molar refractivity (Wildman–Crippen MR) is 131 cm³/mol. The Bertz CT molecular complexity index is 1260. The van der Waals surface area contributed by atoms with Gasteiger partial charge >= 0.3 is 18.1 Å². The summed E-state index contributed by atoms with van der Waals surface area (Å²) in [6.07, 6.45) is -3.01. The number of halogens is 4. The number of aromatic amines is 1. The summed E-state index contributed by atoms with van der Waals surface area (Å²) in [6.45, 7) is 1.32. The molecule has 1 atom stereocenters. The van der Waals surface area contributed by atoms with Gasteiger partial charge in [0.2, 0.25) is 0 Å². The summed E-state index contributed by atoms with van der Waals surface area (Å²) in [4.78, 5) is 23.3. The maximum atomic E-state index is 13.2. The first-order chi connectivity index (χ1) is 17.8. The average molecular weight is 559 g/mol. The van der Waals surface area contributed by atoms with E-state index < -0.39 is 35.4 Å². The summed E-state index contributed by atoms with van der Waals surface area (Å²) in [5.41, 5.74) is -1.16. The van der Waals surface area contributed by atoms with Crippen molar-refractivity contribution in [3.05, 3.63) is 64.8 Å². The number of nitrogens with zero attached hydrogens (tertiary/aromatic N) is 1. The van der Waals surface area contributed by atoms with Crippen LogP contribution in [0.1, 0.15) is 24.0 Å². The summed E-state index contributed by atoms with van der Waals surface area (Å²) in [5, 5.41) is 36.7. The van der Waals surface area contributed by atoms with E-state index >= 15 is 0 Å². The molecule has 0 aliphatic carbocycles. The van der Waals surface area contributed by atoms with Gasteiger partial charge in [0.05, 0.1) is 16.2 Å². The second kappa shape index (κ2) is 12.0. The Labute approximate surface area is 220 Å². The summed E-state index contributed by atoms with van der Waals surface area (Å²) < 4.78 is 45.3. The molecule has 1 fully saturated rings. The molecule has 13 heteroatoms. The Balaban J connectivity index is 0.000000599. The molecule has 2 heterocycles. The van der Waals surface area contributed by atoms with Crippen LogP contribution in [-0.4, -0.2) is 74.6 Å². The first-order valence-corrected chi connectivity index (χ1v) is 11.8. The normalized spacial score (nSPS) is 16.4. The van der Waals surface area contributed by atoms with Crippen LogP contribution in [0, 0.1) is 0 Å². The molecule has 0 saturated carbocycles. The van der Waals surface area contributed by atoms with Gasteiger partial charge in [-0.2, -0.15) is 13.2 Å². The van der Waals surface area contributed by atoms with Crippen LogP contribution in [-0.2, 0) is 21.4 Å². The molecule has 1 aliphatic heterocycles. The number of carboxylic acid groups (broad SMARTS) is 2. The molecule has 38 heavy (non-hydrogen) atoms. The van der Waals surface area contributed by atoms with Crippen LogP contribution < -0.4 is 4.74 Å². The highest BCUT2D eigenvalue weighted by molar-refractivity contribution is 6.31. The molecule has 5 N–H and O–H groups in total. The Morgan fingerprint density at radius 2 is 1.76 bits per heavy atom. The zero-order valence-corrected chi connectivity index (χ0v) is 20.7. The molecule has 0 amide bonds. The molecule has 2 aromatic carbocycles. The predicted octanol–water partition coefficient (Wildman–Crippen LogP) is 3.72. The number of aliphatic hydroxyl groups is 2. The number of hydrogen-bond donors (Lipinski definition) is 5. The van der Waals surface area contributed by atoms with Gasteiger partial charge < -0.3 is 35.0 Å². The average Bonchev–Trinajstić information content (AvgIpc) is 3.34. The third kappa shape index (κ3) is 7.38. The van der Waals surface area contributed by atoms with E-state index in [0.717, 1.165) is 17.0 Å². The van der Waals surface area contributed by atoms with Gasteiger partial charge in [0, 0.05) is 36.7 Å². The SMILES string of the molecule is O=C(O)C(=O)O.O[C@H](COc1cccc2[nH]ccc12)CN1CCC(O)(c2ccc(Cl)c(C(F)(F)F)c2)CC1. The van der Waals surface area contributed by atoms with Crippen LogP contribution in [0.4, 0.5) is 13.2 Å². The van der Waals surface area contributed by atoms with Crippen LogP contribution in [0.5, 0.6) is 5.75 Å². The zero-order chi connectivity index (χ0) is 28.1. The number of carbonyl (C=O) groups is 2. The van der Waals surface area contributed by atoms with Crippen molar-refractivity contribution in [2.45, 2.75) is 30.7 Å². The van der Waals surface area contributed by atoms with Crippen LogP contribution >= 0.6 is 11.6 Å². The lowest BCUT2D eigenvalue weighted by Gasteiger charge is -2.39. The lowest BCUT2D eigenvalue weighted by atomic mass is 9.83. The minimum absolute atomic E-state index is 0.108. The van der Waals surface area contributed by atoms with E-state index in [1.54, 1.807) is 0 Å². The second-order valence-corrected chi connectivity index (χ2v) is 9.20. The van der Waals surface area contributed by atoms with Crippen molar-refractivity contribution in [2.24, 2.45) is 0 Å². The quantitative estimate of drug-likeness (QED) is 0.288. The summed E-state index contributed by atoms with van der Waals surface area (Å²) in [6, 6.07) is 11.1. The molecule has 0 unspecified atom stereocenters. The first-order valence-electron chi connectivity index (χ1n) is 11.5. The van der Waals surface area contributed by atoms with Crippen molar-refractivity contribution in [1.82, 2.24) is 9.88 Å². The largest absolute Gasteiger partial charge is 0.490 e. The van der Waals surface area contributed by atoms with Crippen LogP contribution in [0.15, 0.2) is 48.7 Å². The van der Waals surface area contributed by atoms with E-state index in [1.807, 2.05) is 35.4 Å². The van der Waals surface area contributed by atoms with Gasteiger partial charge in [0.25, 0.3) is 0 Å². The molecular formula is C25H26ClF3N2O7. The van der Waals surface area contributed by atoms with E-state index in [1.165, 1.54) is 12.1 Å². The Kier molecular flexibility index (Phi) is 9.26. The molecule has 0 bridgehead atoms. The smallest absolute Gasteiger partial charge is 0.417 e. The fourth-order valence-corrected chi connectivity index (χ4v) is 4.37. The highest BCUT2D eigenvalue weighted by atomic mass is 35.5. The number of aromatic nitrogens is 1. The Morgan fingerprint density at radius 3 is 2.37 bits per heavy atom. The number of β-amino-alcohol motifs (C(OH)–C–C–N with tert-alkyl or cyclic N) is 1. The third-order valence-electron chi connectivity index (χ3n) is 6.13. The van der Waals surface area contributed by atoms with Gasteiger partial charge in [-0.15, -0.1) is 0 Å². The number of ether oxygens (including phenoxy) is 1. The molecule has 4 rings (SSSR count). The number of rotatable bonds is 6. The molecule has 9 nitrogen and oxygen atoms in total. The van der Waals surface area contributed by atoms with Crippen LogP contribution in [0.2, 0.25) is 5.02 Å². The second-order valence-electron chi connectivity index (χ2n) is 8.79. The Hall–Kier alpha value is -3.32. The maximum absolute atomic E-state index is 13.2. The molecule has 1 aliphatic rings. The van der Waals surface area contributed by atoms with Gasteiger partial charge in [-0.25, -0.2) is 9.59 Å². The molecule has 206 valence electrons. The van der Waals surface area contributed by atoms with Crippen molar-refractivity contribution in [3.63, 3.8) is 0 Å². The number of nitrogens with one attached hydrogen (secondary N) is 1. The molecule has 1 saturated heterocycles. The fourth-order valence-electron chi connectivity index (χ4n) is 4.15. The number of piperidine rings is 1. The summed E-state index contributed by atoms with van der Waals surface area (Å²) in [5.74, 6) is -2.97. The standard InChI is InChI=1S/C23H24ClF3N2O3.C2H2O4/c24-19-5-4-15(12-18(19)23(25,26)27)22(31)7-10-29(11-8-22)13-16(30)14-32-21-3-1-2-20-17(21)6-9-28-20;3-1(4)2(5)6/h1-6,9,12,16,28,30-31H,7-8,10-11,13-14H2;(H,3,4)(H,5,6)/t16-;/m0./s1. The zero-order valence-electron chi connectivity index (χ0n) is 19.9. The van der Waals surface area contributed by atoms with Gasteiger partial charge in [0.15, 0.2) is 0 Å². The van der Waals surface area contributed by atoms with E-state index in [-0.39, 0.29) is 30.0 Å². The van der Waals surface area contributed by atoms with E-state index in [4.69, 9.17) is 36.1 Å². The lowest BCUT2D eigenvalue weighted by Crippen LogP contribution is -2.46. The van der Waals surface area contributed by atoms with Gasteiger partial charge in [0.1, 0.15) is 18.5 Å². The van der Waals surface area contributed by atoms with Crippen LogP contribution in [0.25, 0.3) is 10.9 Å². The molecular weight excluding hydrogens is 533 g/mol. The molecule has 1 aromatic heterocycles.